The fourth-order valence-corrected chi connectivity index (χ4v) is 9.66. The molecule has 7 aromatic carbocycles. The lowest BCUT2D eigenvalue weighted by Crippen LogP contribution is -2.31. The first kappa shape index (κ1) is 28.6. The third-order valence-corrected chi connectivity index (χ3v) is 11.6. The van der Waals surface area contributed by atoms with E-state index in [0.717, 1.165) is 34.1 Å². The number of fused-ring (bicyclic) bond motifs is 8. The highest BCUT2D eigenvalue weighted by Gasteiger charge is 2.51. The Morgan fingerprint density at radius 1 is 0.434 bits per heavy atom. The first-order valence-electron chi connectivity index (χ1n) is 18.2. The minimum Gasteiger partial charge on any atom is -0.310 e. The summed E-state index contributed by atoms with van der Waals surface area (Å²) in [5.74, 6) is 0. The summed E-state index contributed by atoms with van der Waals surface area (Å²) in [6, 6.07) is 62.0. The van der Waals surface area contributed by atoms with Crippen LogP contribution >= 0.6 is 0 Å². The monoisotopic (exact) mass is 674 g/mol. The van der Waals surface area contributed by atoms with Gasteiger partial charge in [-0.15, -0.1) is 0 Å². The normalized spacial score (nSPS) is 13.4. The molecule has 0 bridgehead atoms. The number of pyridine rings is 2. The molecule has 2 aliphatic rings. The van der Waals surface area contributed by atoms with Crippen molar-refractivity contribution >= 4 is 60.4 Å². The van der Waals surface area contributed by atoms with Crippen LogP contribution in [0.1, 0.15) is 22.3 Å². The van der Waals surface area contributed by atoms with Gasteiger partial charge >= 0.3 is 0 Å². The quantitative estimate of drug-likeness (QED) is 0.186. The van der Waals surface area contributed by atoms with Gasteiger partial charge in [-0.25, -0.2) is 0 Å². The van der Waals surface area contributed by atoms with Gasteiger partial charge in [0.1, 0.15) is 0 Å². The minimum atomic E-state index is -0.647. The van der Waals surface area contributed by atoms with Gasteiger partial charge in [-0.2, -0.15) is 0 Å². The van der Waals surface area contributed by atoms with E-state index in [1.807, 2.05) is 12.4 Å². The van der Waals surface area contributed by atoms with E-state index < -0.39 is 5.41 Å². The number of hydrogen-bond donors (Lipinski definition) is 0. The van der Waals surface area contributed by atoms with E-state index in [-0.39, 0.29) is 0 Å². The van der Waals surface area contributed by atoms with Crippen LogP contribution < -0.4 is 4.90 Å². The molecule has 0 saturated heterocycles. The maximum absolute atomic E-state index is 5.04. The highest BCUT2D eigenvalue weighted by Crippen LogP contribution is 2.62. The van der Waals surface area contributed by atoms with Gasteiger partial charge in [-0.05, 0) is 105 Å². The number of para-hydroxylation sites is 2. The van der Waals surface area contributed by atoms with Gasteiger partial charge in [-0.3, -0.25) is 9.97 Å². The van der Waals surface area contributed by atoms with Gasteiger partial charge in [0.2, 0.25) is 0 Å². The molecule has 3 aromatic heterocycles. The Kier molecular flexibility index (Phi) is 5.67. The zero-order valence-corrected chi connectivity index (χ0v) is 28.6. The third-order valence-electron chi connectivity index (χ3n) is 11.6. The molecular formula is C49H30N4. The lowest BCUT2D eigenvalue weighted by Gasteiger charge is -2.38. The van der Waals surface area contributed by atoms with Crippen molar-refractivity contribution in [2.24, 2.45) is 0 Å². The van der Waals surface area contributed by atoms with Gasteiger partial charge in [-0.1, -0.05) is 103 Å². The van der Waals surface area contributed by atoms with Crippen molar-refractivity contribution < 1.29 is 0 Å². The topological polar surface area (TPSA) is 34.0 Å². The Bertz CT molecular complexity index is 3070. The van der Waals surface area contributed by atoms with Crippen LogP contribution in [0, 0.1) is 0 Å². The second-order valence-electron chi connectivity index (χ2n) is 14.1. The zero-order chi connectivity index (χ0) is 34.7. The molecule has 4 nitrogen and oxygen atoms in total. The summed E-state index contributed by atoms with van der Waals surface area (Å²) in [7, 11) is 0. The molecule has 53 heavy (non-hydrogen) atoms. The molecule has 0 saturated carbocycles. The highest BCUT2D eigenvalue weighted by atomic mass is 15.1. The Labute approximate surface area is 305 Å². The molecule has 0 atom stereocenters. The van der Waals surface area contributed by atoms with Crippen LogP contribution in [0.25, 0.3) is 60.4 Å². The predicted molar refractivity (Wildman–Crippen MR) is 217 cm³/mol. The first-order chi connectivity index (χ1) is 26.3. The van der Waals surface area contributed by atoms with Crippen LogP contribution in [-0.2, 0) is 5.41 Å². The van der Waals surface area contributed by atoms with Gasteiger partial charge in [0.25, 0.3) is 0 Å². The smallest absolute Gasteiger partial charge is 0.0937 e. The number of anilines is 3. The maximum atomic E-state index is 5.04. The molecule has 3 heterocycles. The Hall–Kier alpha value is -7.04. The molecule has 4 heteroatoms. The summed E-state index contributed by atoms with van der Waals surface area (Å²) >= 11 is 0. The molecular weight excluding hydrogens is 645 g/mol. The van der Waals surface area contributed by atoms with Crippen molar-refractivity contribution in [3.05, 3.63) is 205 Å². The van der Waals surface area contributed by atoms with E-state index in [9.17, 15) is 0 Å². The van der Waals surface area contributed by atoms with Crippen molar-refractivity contribution in [3.63, 3.8) is 0 Å². The van der Waals surface area contributed by atoms with Crippen molar-refractivity contribution in [1.82, 2.24) is 14.5 Å². The highest BCUT2D eigenvalue weighted by molar-refractivity contribution is 6.27. The molecule has 0 aliphatic heterocycles. The van der Waals surface area contributed by atoms with Crippen LogP contribution in [0.2, 0.25) is 0 Å². The maximum Gasteiger partial charge on any atom is 0.0937 e. The SMILES string of the molecule is c1ccc(N(c2cc3c4c(ccc5c4c4c(cccc4n5-c4ccccc4)C34c3cccnc3-c3ncccc34)c2)c2cccc3ccccc23)cc1. The first-order valence-corrected chi connectivity index (χ1v) is 18.2. The van der Waals surface area contributed by atoms with E-state index >= 15 is 0 Å². The molecule has 0 amide bonds. The summed E-state index contributed by atoms with van der Waals surface area (Å²) in [5.41, 5.74) is 13.0. The molecule has 12 rings (SSSR count). The summed E-state index contributed by atoms with van der Waals surface area (Å²) < 4.78 is 2.44. The van der Waals surface area contributed by atoms with Crippen LogP contribution in [0.3, 0.4) is 0 Å². The van der Waals surface area contributed by atoms with Crippen LogP contribution in [-0.4, -0.2) is 14.5 Å². The fourth-order valence-electron chi connectivity index (χ4n) is 9.66. The molecule has 10 aromatic rings. The van der Waals surface area contributed by atoms with Gasteiger partial charge in [0, 0.05) is 45.6 Å². The van der Waals surface area contributed by atoms with Crippen molar-refractivity contribution in [2.45, 2.75) is 5.41 Å². The second-order valence-corrected chi connectivity index (χ2v) is 14.1. The van der Waals surface area contributed by atoms with Crippen molar-refractivity contribution in [3.8, 4) is 17.1 Å². The van der Waals surface area contributed by atoms with Crippen LogP contribution in [0.4, 0.5) is 17.1 Å². The lowest BCUT2D eigenvalue weighted by molar-refractivity contribution is 0.779. The van der Waals surface area contributed by atoms with E-state index in [1.54, 1.807) is 0 Å². The molecule has 0 N–H and O–H groups in total. The molecule has 0 radical (unpaired) electrons. The summed E-state index contributed by atoms with van der Waals surface area (Å²) in [6.07, 6.45) is 3.81. The van der Waals surface area contributed by atoms with Crippen molar-refractivity contribution in [2.75, 3.05) is 4.90 Å². The molecule has 2 aliphatic carbocycles. The van der Waals surface area contributed by atoms with Gasteiger partial charge < -0.3 is 9.47 Å². The lowest BCUT2D eigenvalue weighted by atomic mass is 9.63. The van der Waals surface area contributed by atoms with Gasteiger partial charge in [0.15, 0.2) is 0 Å². The van der Waals surface area contributed by atoms with Crippen LogP contribution in [0.5, 0.6) is 0 Å². The number of aromatic nitrogens is 3. The molecule has 246 valence electrons. The van der Waals surface area contributed by atoms with Crippen LogP contribution in [0.15, 0.2) is 182 Å². The summed E-state index contributed by atoms with van der Waals surface area (Å²) in [6.45, 7) is 0. The fraction of sp³-hybridized carbons (Fsp3) is 0.0204. The number of nitrogens with zero attached hydrogens (tertiary/aromatic N) is 4. The van der Waals surface area contributed by atoms with E-state index in [2.05, 4.69) is 179 Å². The Morgan fingerprint density at radius 2 is 1.09 bits per heavy atom. The molecule has 0 unspecified atom stereocenters. The number of hydrogen-bond acceptors (Lipinski definition) is 3. The summed E-state index contributed by atoms with van der Waals surface area (Å²) in [5, 5.41) is 7.48. The average molecular weight is 675 g/mol. The van der Waals surface area contributed by atoms with E-state index in [0.29, 0.717) is 0 Å². The largest absolute Gasteiger partial charge is 0.310 e. The Balaban J connectivity index is 1.29. The predicted octanol–water partition coefficient (Wildman–Crippen LogP) is 12.0. The standard InChI is InChI=1S/C49H30N4/c1-3-15-33(16-4-1)52(41-23-9-14-31-13-7-8-19-36(31)41)35-29-32-25-26-43-46-44(32)40(30-35)49(38-21-11-27-50-47(38)48-39(49)22-12-28-51-48)37-20-10-24-42(45(37)46)53(43)34-17-5-2-6-18-34/h1-30H. The minimum absolute atomic E-state index is 0.647. The number of benzene rings is 7. The molecule has 0 fully saturated rings. The third kappa shape index (κ3) is 3.64. The average Bonchev–Trinajstić information content (AvgIpc) is 3.72. The zero-order valence-electron chi connectivity index (χ0n) is 28.6. The Morgan fingerprint density at radius 3 is 1.89 bits per heavy atom. The van der Waals surface area contributed by atoms with Gasteiger partial charge in [0.05, 0.1) is 33.5 Å². The second kappa shape index (κ2) is 10.5. The van der Waals surface area contributed by atoms with E-state index in [4.69, 9.17) is 9.97 Å². The summed E-state index contributed by atoms with van der Waals surface area (Å²) in [4.78, 5) is 12.5. The van der Waals surface area contributed by atoms with E-state index in [1.165, 1.54) is 65.6 Å². The number of rotatable bonds is 4. The molecule has 1 spiro atoms. The van der Waals surface area contributed by atoms with Crippen molar-refractivity contribution in [1.29, 1.82) is 0 Å².